The van der Waals surface area contributed by atoms with Crippen molar-refractivity contribution in [2.75, 3.05) is 52.5 Å². The number of ether oxygens (including phenoxy) is 2. The van der Waals surface area contributed by atoms with Crippen molar-refractivity contribution in [2.24, 2.45) is 0 Å². The third-order valence-corrected chi connectivity index (χ3v) is 4.60. The molecule has 2 unspecified atom stereocenters. The molecule has 2 aliphatic heterocycles. The van der Waals surface area contributed by atoms with E-state index in [1.165, 1.54) is 11.1 Å². The van der Waals surface area contributed by atoms with E-state index in [9.17, 15) is 4.79 Å². The number of morpholine rings is 2. The molecule has 2 N–H and O–H groups in total. The zero-order valence-electron chi connectivity index (χ0n) is 15.1. The van der Waals surface area contributed by atoms with Crippen molar-refractivity contribution in [3.63, 3.8) is 0 Å². The van der Waals surface area contributed by atoms with Crippen LogP contribution in [0, 0.1) is 6.92 Å². The molecule has 0 bridgehead atoms. The van der Waals surface area contributed by atoms with Crippen LogP contribution in [0.3, 0.4) is 0 Å². The minimum absolute atomic E-state index is 0. The van der Waals surface area contributed by atoms with Gasteiger partial charge in [-0.1, -0.05) is 29.8 Å². The smallest absolute Gasteiger partial charge is 0.250 e. The lowest BCUT2D eigenvalue weighted by Gasteiger charge is -2.35. The zero-order chi connectivity index (χ0) is 16.8. The highest BCUT2D eigenvalue weighted by Gasteiger charge is 2.26. The molecule has 2 fully saturated rings. The number of carbonyl (C=O) groups excluding carboxylic acids is 1. The van der Waals surface area contributed by atoms with E-state index in [0.717, 1.165) is 32.8 Å². The third-order valence-electron chi connectivity index (χ3n) is 4.60. The summed E-state index contributed by atoms with van der Waals surface area (Å²) in [6.45, 7) is 7.91. The largest absolute Gasteiger partial charge is 0.379 e. The summed E-state index contributed by atoms with van der Waals surface area (Å²) in [6.07, 6.45) is -0.387. The predicted octanol–water partition coefficient (Wildman–Crippen LogP) is 1.32. The van der Waals surface area contributed by atoms with E-state index in [0.29, 0.717) is 19.7 Å². The molecule has 0 saturated carbocycles. The van der Waals surface area contributed by atoms with Crippen molar-refractivity contribution in [2.45, 2.75) is 19.1 Å². The van der Waals surface area contributed by atoms with E-state index in [-0.39, 0.29) is 42.9 Å². The highest BCUT2D eigenvalue weighted by atomic mass is 35.5. The molecule has 0 spiro atoms. The average molecular weight is 406 g/mol. The fourth-order valence-electron chi connectivity index (χ4n) is 3.27. The summed E-state index contributed by atoms with van der Waals surface area (Å²) in [5.74, 6) is -0.0342. The molecule has 6 nitrogen and oxygen atoms in total. The molecular formula is C18H29Cl2N3O3. The summed E-state index contributed by atoms with van der Waals surface area (Å²) in [4.78, 5) is 14.8. The number of rotatable bonds is 5. The van der Waals surface area contributed by atoms with Crippen LogP contribution >= 0.6 is 24.8 Å². The van der Waals surface area contributed by atoms with Crippen LogP contribution in [-0.4, -0.2) is 69.5 Å². The van der Waals surface area contributed by atoms with Crippen LogP contribution in [0.4, 0.5) is 0 Å². The Morgan fingerprint density at radius 3 is 2.73 bits per heavy atom. The van der Waals surface area contributed by atoms with Crippen LogP contribution in [0.2, 0.25) is 0 Å². The number of halogens is 2. The molecule has 0 aromatic heterocycles. The zero-order valence-corrected chi connectivity index (χ0v) is 16.7. The molecule has 2 heterocycles. The van der Waals surface area contributed by atoms with Gasteiger partial charge in [-0.3, -0.25) is 9.69 Å². The summed E-state index contributed by atoms with van der Waals surface area (Å²) in [5.41, 5.74) is 2.47. The number of nitrogens with one attached hydrogen (secondary N) is 2. The van der Waals surface area contributed by atoms with Gasteiger partial charge in [0.25, 0.3) is 5.91 Å². The van der Waals surface area contributed by atoms with Crippen molar-refractivity contribution in [3.05, 3.63) is 35.4 Å². The van der Waals surface area contributed by atoms with Crippen LogP contribution in [0.25, 0.3) is 0 Å². The van der Waals surface area contributed by atoms with Gasteiger partial charge in [-0.05, 0) is 12.5 Å². The molecule has 0 radical (unpaired) electrons. The Hall–Kier alpha value is -0.890. The second-order valence-corrected chi connectivity index (χ2v) is 6.39. The number of hydrogen-bond donors (Lipinski definition) is 2. The van der Waals surface area contributed by atoms with Gasteiger partial charge in [-0.2, -0.15) is 0 Å². The Morgan fingerprint density at radius 1 is 1.31 bits per heavy atom. The summed E-state index contributed by atoms with van der Waals surface area (Å²) in [5, 5.41) is 6.27. The number of carbonyl (C=O) groups is 1. The minimum atomic E-state index is -0.387. The van der Waals surface area contributed by atoms with E-state index in [4.69, 9.17) is 9.47 Å². The van der Waals surface area contributed by atoms with E-state index in [2.05, 4.69) is 46.7 Å². The highest BCUT2D eigenvalue weighted by Crippen LogP contribution is 2.22. The quantitative estimate of drug-likeness (QED) is 0.773. The Balaban J connectivity index is 0.00000169. The van der Waals surface area contributed by atoms with Gasteiger partial charge in [0.15, 0.2) is 0 Å². The van der Waals surface area contributed by atoms with Crippen LogP contribution in [0.5, 0.6) is 0 Å². The summed E-state index contributed by atoms with van der Waals surface area (Å²) < 4.78 is 11.0. The number of nitrogens with zero attached hydrogens (tertiary/aromatic N) is 1. The minimum Gasteiger partial charge on any atom is -0.379 e. The van der Waals surface area contributed by atoms with Crippen LogP contribution in [0.1, 0.15) is 17.2 Å². The monoisotopic (exact) mass is 405 g/mol. The lowest BCUT2D eigenvalue weighted by Crippen LogP contribution is -2.50. The molecular weight excluding hydrogens is 377 g/mol. The maximum atomic E-state index is 12.4. The third kappa shape index (κ3) is 6.37. The first kappa shape index (κ1) is 23.1. The second kappa shape index (κ2) is 11.7. The van der Waals surface area contributed by atoms with Crippen molar-refractivity contribution in [1.82, 2.24) is 15.5 Å². The van der Waals surface area contributed by atoms with Gasteiger partial charge in [0.2, 0.25) is 0 Å². The number of benzene rings is 1. The van der Waals surface area contributed by atoms with Gasteiger partial charge in [-0.15, -0.1) is 24.8 Å². The first-order valence-corrected chi connectivity index (χ1v) is 8.72. The van der Waals surface area contributed by atoms with Gasteiger partial charge >= 0.3 is 0 Å². The lowest BCUT2D eigenvalue weighted by atomic mass is 10.0. The molecule has 2 saturated heterocycles. The molecule has 0 aliphatic carbocycles. The Kier molecular flexibility index (Phi) is 10.5. The number of aryl methyl sites for hydroxylation is 1. The molecule has 26 heavy (non-hydrogen) atoms. The van der Waals surface area contributed by atoms with Crippen LogP contribution in [0.15, 0.2) is 24.3 Å². The number of hydrogen-bond acceptors (Lipinski definition) is 5. The number of amides is 1. The van der Waals surface area contributed by atoms with Gasteiger partial charge in [0, 0.05) is 32.7 Å². The maximum absolute atomic E-state index is 12.4. The summed E-state index contributed by atoms with van der Waals surface area (Å²) in [7, 11) is 0. The highest BCUT2D eigenvalue weighted by molar-refractivity contribution is 5.85. The first-order valence-electron chi connectivity index (χ1n) is 8.72. The van der Waals surface area contributed by atoms with Gasteiger partial charge < -0.3 is 20.1 Å². The molecule has 8 heteroatoms. The summed E-state index contributed by atoms with van der Waals surface area (Å²) in [6, 6.07) is 8.67. The Morgan fingerprint density at radius 2 is 2.08 bits per heavy atom. The maximum Gasteiger partial charge on any atom is 0.250 e. The van der Waals surface area contributed by atoms with Crippen molar-refractivity contribution in [1.29, 1.82) is 0 Å². The van der Waals surface area contributed by atoms with Gasteiger partial charge in [0.05, 0.1) is 25.9 Å². The lowest BCUT2D eigenvalue weighted by molar-refractivity contribution is -0.134. The second-order valence-electron chi connectivity index (χ2n) is 6.39. The Labute approximate surface area is 167 Å². The standard InChI is InChI=1S/C18H27N3O3.2ClH/c1-14-3-2-4-15(11-14)16(21-6-9-23-10-7-21)12-20-18(22)17-13-19-5-8-24-17;;/h2-4,11,16-17,19H,5-10,12-13H2,1H3,(H,20,22);2*1H. The van der Waals surface area contributed by atoms with Gasteiger partial charge in [-0.25, -0.2) is 0 Å². The van der Waals surface area contributed by atoms with Crippen molar-refractivity contribution >= 4 is 30.7 Å². The van der Waals surface area contributed by atoms with Crippen molar-refractivity contribution in [3.8, 4) is 0 Å². The van der Waals surface area contributed by atoms with E-state index < -0.39 is 0 Å². The van der Waals surface area contributed by atoms with Crippen molar-refractivity contribution < 1.29 is 14.3 Å². The molecule has 1 amide bonds. The first-order chi connectivity index (χ1) is 11.7. The van der Waals surface area contributed by atoms with Crippen LogP contribution < -0.4 is 10.6 Å². The fourth-order valence-corrected chi connectivity index (χ4v) is 3.27. The molecule has 2 atom stereocenters. The van der Waals surface area contributed by atoms with E-state index >= 15 is 0 Å². The SMILES string of the molecule is Cc1cccc(C(CNC(=O)C2CNCCO2)N2CCOCC2)c1.Cl.Cl. The van der Waals surface area contributed by atoms with E-state index in [1.807, 2.05) is 0 Å². The molecule has 2 aliphatic rings. The molecule has 1 aromatic carbocycles. The fraction of sp³-hybridized carbons (Fsp3) is 0.611. The van der Waals surface area contributed by atoms with Crippen LogP contribution in [-0.2, 0) is 14.3 Å². The summed E-state index contributed by atoms with van der Waals surface area (Å²) >= 11 is 0. The Bertz CT molecular complexity index is 550. The molecule has 148 valence electrons. The molecule has 1 aromatic rings. The normalized spacial score (nSPS) is 21.8. The van der Waals surface area contributed by atoms with Gasteiger partial charge in [0.1, 0.15) is 6.10 Å². The average Bonchev–Trinajstić information content (AvgIpc) is 2.63. The van der Waals surface area contributed by atoms with E-state index in [1.54, 1.807) is 0 Å². The topological polar surface area (TPSA) is 62.8 Å². The predicted molar refractivity (Wildman–Crippen MR) is 106 cm³/mol. The molecule has 3 rings (SSSR count).